The van der Waals surface area contributed by atoms with Crippen LogP contribution in [0, 0.1) is 0 Å². The molecule has 0 rings (SSSR count). The van der Waals surface area contributed by atoms with Crippen molar-refractivity contribution in [2.45, 2.75) is 32.9 Å². The minimum atomic E-state index is -0.564. The molecule has 0 aromatic heterocycles. The first-order chi connectivity index (χ1) is 4.54. The third-order valence-electron chi connectivity index (χ3n) is 0.767. The Kier molecular flexibility index (Phi) is 3.99. The number of carbonyl (C=O) groups excluding carboxylic acids is 1. The zero-order chi connectivity index (χ0) is 8.15. The lowest BCUT2D eigenvalue weighted by Gasteiger charge is -2.09. The summed E-state index contributed by atoms with van der Waals surface area (Å²) in [5.41, 5.74) is 7.70. The molecule has 4 nitrogen and oxygen atoms in total. The highest BCUT2D eigenvalue weighted by molar-refractivity contribution is 5.74. The molecule has 0 aliphatic carbocycles. The number of hydrogen-bond acceptors (Lipinski definition) is 4. The number of carbonyl (C=O) groups is 1. The molecular formula is C6H14N2O2. The fraction of sp³-hybridized carbons (Fsp3) is 0.833. The van der Waals surface area contributed by atoms with E-state index in [1.165, 1.54) is 0 Å². The molecule has 4 heteroatoms. The lowest BCUT2D eigenvalue weighted by molar-refractivity contribution is -0.153. The second-order valence-electron chi connectivity index (χ2n) is 2.48. The first-order valence-electron chi connectivity index (χ1n) is 3.26. The Hall–Kier alpha value is -0.610. The molecule has 0 aliphatic rings. The summed E-state index contributed by atoms with van der Waals surface area (Å²) >= 11 is 0. The quantitative estimate of drug-likeness (QED) is 0.541. The van der Waals surface area contributed by atoms with Crippen LogP contribution in [0.1, 0.15) is 20.8 Å². The summed E-state index contributed by atoms with van der Waals surface area (Å²) in [7, 11) is 0. The topological polar surface area (TPSA) is 64.3 Å². The van der Waals surface area contributed by atoms with Gasteiger partial charge in [-0.1, -0.05) is 0 Å². The molecule has 0 radical (unpaired) electrons. The van der Waals surface area contributed by atoms with E-state index in [0.717, 1.165) is 0 Å². The van der Waals surface area contributed by atoms with Gasteiger partial charge in [-0.05, 0) is 20.8 Å². The van der Waals surface area contributed by atoms with Crippen LogP contribution in [0.5, 0.6) is 0 Å². The van der Waals surface area contributed by atoms with Crippen molar-refractivity contribution in [2.75, 3.05) is 0 Å². The van der Waals surface area contributed by atoms with Crippen LogP contribution in [-0.4, -0.2) is 18.1 Å². The van der Waals surface area contributed by atoms with Crippen molar-refractivity contribution in [3.63, 3.8) is 0 Å². The molecule has 0 heterocycles. The van der Waals surface area contributed by atoms with E-state index in [2.05, 4.69) is 10.3 Å². The van der Waals surface area contributed by atoms with Gasteiger partial charge in [-0.2, -0.15) is 5.48 Å². The molecule has 0 spiro atoms. The third kappa shape index (κ3) is 4.29. The van der Waals surface area contributed by atoms with Gasteiger partial charge in [-0.25, -0.2) is 4.79 Å². The van der Waals surface area contributed by atoms with Gasteiger partial charge < -0.3 is 10.6 Å². The molecule has 0 fully saturated rings. The number of hydrogen-bond donors (Lipinski definition) is 2. The highest BCUT2D eigenvalue weighted by Gasteiger charge is 2.08. The zero-order valence-electron chi connectivity index (χ0n) is 6.55. The number of hydroxylamine groups is 1. The maximum absolute atomic E-state index is 10.6. The Morgan fingerprint density at radius 3 is 2.30 bits per heavy atom. The molecule has 0 aromatic carbocycles. The van der Waals surface area contributed by atoms with Gasteiger partial charge in [0.25, 0.3) is 0 Å². The van der Waals surface area contributed by atoms with E-state index in [9.17, 15) is 4.79 Å². The summed E-state index contributed by atoms with van der Waals surface area (Å²) in [6, 6.07) is -0.436. The van der Waals surface area contributed by atoms with Gasteiger partial charge in [0.2, 0.25) is 0 Å². The first-order valence-corrected chi connectivity index (χ1v) is 3.26. The van der Waals surface area contributed by atoms with Crippen molar-refractivity contribution in [2.24, 2.45) is 5.73 Å². The summed E-state index contributed by atoms with van der Waals surface area (Å²) in [4.78, 5) is 15.2. The Bertz CT molecular complexity index is 112. The van der Waals surface area contributed by atoms with Gasteiger partial charge in [0.1, 0.15) is 6.04 Å². The van der Waals surface area contributed by atoms with Gasteiger partial charge in [0.15, 0.2) is 0 Å². The van der Waals surface area contributed by atoms with E-state index in [4.69, 9.17) is 5.73 Å². The van der Waals surface area contributed by atoms with Gasteiger partial charge in [0, 0.05) is 6.04 Å². The average molecular weight is 146 g/mol. The molecule has 1 unspecified atom stereocenters. The number of rotatable bonds is 3. The van der Waals surface area contributed by atoms with Crippen LogP contribution in [-0.2, 0) is 9.63 Å². The molecule has 0 bridgehead atoms. The Morgan fingerprint density at radius 1 is 1.50 bits per heavy atom. The van der Waals surface area contributed by atoms with Crippen LogP contribution in [0.4, 0.5) is 0 Å². The number of nitrogens with two attached hydrogens (primary N) is 1. The molecule has 0 saturated carbocycles. The molecule has 10 heavy (non-hydrogen) atoms. The fourth-order valence-corrected chi connectivity index (χ4v) is 0.269. The number of nitrogens with one attached hydrogen (secondary N) is 1. The molecule has 60 valence electrons. The molecule has 0 amide bonds. The Balaban J connectivity index is 3.40. The fourth-order valence-electron chi connectivity index (χ4n) is 0.269. The van der Waals surface area contributed by atoms with Gasteiger partial charge in [-0.3, -0.25) is 0 Å². The molecule has 0 aromatic rings. The van der Waals surface area contributed by atoms with E-state index in [0.29, 0.717) is 0 Å². The van der Waals surface area contributed by atoms with Gasteiger partial charge in [-0.15, -0.1) is 0 Å². The highest BCUT2D eigenvalue weighted by atomic mass is 16.7. The van der Waals surface area contributed by atoms with E-state index in [-0.39, 0.29) is 6.04 Å². The summed E-state index contributed by atoms with van der Waals surface area (Å²) in [5.74, 6) is -0.436. The van der Waals surface area contributed by atoms with E-state index < -0.39 is 12.0 Å². The van der Waals surface area contributed by atoms with Gasteiger partial charge >= 0.3 is 5.97 Å². The van der Waals surface area contributed by atoms with E-state index in [1.54, 1.807) is 6.92 Å². The largest absolute Gasteiger partial charge is 0.369 e. The maximum Gasteiger partial charge on any atom is 0.341 e. The second kappa shape index (κ2) is 4.24. The Morgan fingerprint density at radius 2 is 2.00 bits per heavy atom. The first kappa shape index (κ1) is 9.39. The van der Waals surface area contributed by atoms with Crippen LogP contribution < -0.4 is 11.2 Å². The molecule has 0 saturated heterocycles. The summed E-state index contributed by atoms with van der Waals surface area (Å²) in [6.07, 6.45) is 0. The molecule has 1 atom stereocenters. The smallest absolute Gasteiger partial charge is 0.341 e. The molecule has 0 aliphatic heterocycles. The predicted molar refractivity (Wildman–Crippen MR) is 38.0 cm³/mol. The van der Waals surface area contributed by atoms with Crippen LogP contribution >= 0.6 is 0 Å². The average Bonchev–Trinajstić information content (AvgIpc) is 1.82. The molecular weight excluding hydrogens is 132 g/mol. The zero-order valence-corrected chi connectivity index (χ0v) is 6.55. The van der Waals surface area contributed by atoms with E-state index >= 15 is 0 Å². The molecule has 3 N–H and O–H groups in total. The van der Waals surface area contributed by atoms with Crippen molar-refractivity contribution in [3.05, 3.63) is 0 Å². The van der Waals surface area contributed by atoms with Crippen molar-refractivity contribution >= 4 is 5.97 Å². The van der Waals surface area contributed by atoms with Crippen molar-refractivity contribution in [3.8, 4) is 0 Å². The maximum atomic E-state index is 10.6. The second-order valence-corrected chi connectivity index (χ2v) is 2.48. The minimum absolute atomic E-state index is 0.127. The van der Waals surface area contributed by atoms with Crippen LogP contribution in [0.3, 0.4) is 0 Å². The van der Waals surface area contributed by atoms with Crippen molar-refractivity contribution in [1.82, 2.24) is 5.48 Å². The van der Waals surface area contributed by atoms with Crippen molar-refractivity contribution in [1.29, 1.82) is 0 Å². The van der Waals surface area contributed by atoms with Gasteiger partial charge in [0.05, 0.1) is 0 Å². The van der Waals surface area contributed by atoms with Crippen LogP contribution in [0.15, 0.2) is 0 Å². The normalized spacial score (nSPS) is 13.3. The lowest BCUT2D eigenvalue weighted by Crippen LogP contribution is -2.35. The van der Waals surface area contributed by atoms with Crippen LogP contribution in [0.2, 0.25) is 0 Å². The van der Waals surface area contributed by atoms with E-state index in [1.807, 2.05) is 13.8 Å². The highest BCUT2D eigenvalue weighted by Crippen LogP contribution is 1.82. The monoisotopic (exact) mass is 146 g/mol. The SMILES string of the molecule is CC(C)NOC(=O)C(C)N. The predicted octanol–water partition coefficient (Wildman–Crippen LogP) is -0.210. The Labute approximate surface area is 60.7 Å². The van der Waals surface area contributed by atoms with Crippen molar-refractivity contribution < 1.29 is 9.63 Å². The summed E-state index contributed by atoms with van der Waals surface area (Å²) in [6.45, 7) is 5.31. The minimum Gasteiger partial charge on any atom is -0.369 e. The third-order valence-corrected chi connectivity index (χ3v) is 0.767. The summed E-state index contributed by atoms with van der Waals surface area (Å²) < 4.78 is 0. The lowest BCUT2D eigenvalue weighted by atomic mass is 10.4. The summed E-state index contributed by atoms with van der Waals surface area (Å²) in [5, 5.41) is 0. The van der Waals surface area contributed by atoms with Crippen LogP contribution in [0.25, 0.3) is 0 Å². The standard InChI is InChI=1S/C6H14N2O2/c1-4(2)8-10-6(9)5(3)7/h4-5,8H,7H2,1-3H3.